The molecule has 0 saturated carbocycles. The molecule has 0 amide bonds. The number of nitrogens with two attached hydrogens (primary N) is 2. The van der Waals surface area contributed by atoms with Crippen LogP contribution in [0, 0.1) is 0 Å². The van der Waals surface area contributed by atoms with E-state index in [-0.39, 0.29) is 6.04 Å². The number of nitrogens with one attached hydrogen (secondary N) is 1. The Labute approximate surface area is 78.1 Å². The molecule has 0 aliphatic heterocycles. The van der Waals surface area contributed by atoms with Gasteiger partial charge in [-0.2, -0.15) is 5.10 Å². The van der Waals surface area contributed by atoms with Gasteiger partial charge in [-0.05, 0) is 20.9 Å². The standard InChI is InChI=1S/C8H17N5/c1-5(2)13-8(10)7(9)6(12-13)4-11-3/h5,11H,4,9-10H2,1-3H3. The van der Waals surface area contributed by atoms with Gasteiger partial charge < -0.3 is 16.8 Å². The third-order valence-electron chi connectivity index (χ3n) is 1.90. The lowest BCUT2D eigenvalue weighted by Crippen LogP contribution is -2.09. The summed E-state index contributed by atoms with van der Waals surface area (Å²) in [5.41, 5.74) is 13.0. The molecule has 13 heavy (non-hydrogen) atoms. The first-order valence-electron chi connectivity index (χ1n) is 4.34. The van der Waals surface area contributed by atoms with E-state index in [1.165, 1.54) is 0 Å². The molecule has 0 bridgehead atoms. The molecule has 0 saturated heterocycles. The highest BCUT2D eigenvalue weighted by Crippen LogP contribution is 2.22. The van der Waals surface area contributed by atoms with Crippen molar-refractivity contribution in [2.24, 2.45) is 0 Å². The van der Waals surface area contributed by atoms with Crippen LogP contribution in [0.3, 0.4) is 0 Å². The molecule has 1 heterocycles. The second kappa shape index (κ2) is 3.66. The third-order valence-corrected chi connectivity index (χ3v) is 1.90. The summed E-state index contributed by atoms with van der Waals surface area (Å²) >= 11 is 0. The van der Waals surface area contributed by atoms with Crippen molar-refractivity contribution in [1.82, 2.24) is 15.1 Å². The summed E-state index contributed by atoms with van der Waals surface area (Å²) in [7, 11) is 1.85. The average Bonchev–Trinajstić information content (AvgIpc) is 2.33. The van der Waals surface area contributed by atoms with E-state index in [0.29, 0.717) is 18.1 Å². The van der Waals surface area contributed by atoms with Crippen LogP contribution in [-0.2, 0) is 6.54 Å². The first-order valence-corrected chi connectivity index (χ1v) is 4.34. The minimum atomic E-state index is 0.243. The maximum absolute atomic E-state index is 5.78. The second-order valence-electron chi connectivity index (χ2n) is 3.31. The Balaban J connectivity index is 3.05. The SMILES string of the molecule is CNCc1nn(C(C)C)c(N)c1N. The zero-order chi connectivity index (χ0) is 10.0. The summed E-state index contributed by atoms with van der Waals surface area (Å²) in [6.45, 7) is 4.69. The fourth-order valence-electron chi connectivity index (χ4n) is 1.20. The summed E-state index contributed by atoms with van der Waals surface area (Å²) in [5.74, 6) is 0.556. The molecule has 0 aliphatic rings. The number of rotatable bonds is 3. The van der Waals surface area contributed by atoms with Crippen LogP contribution in [0.2, 0.25) is 0 Å². The third kappa shape index (κ3) is 1.75. The first kappa shape index (κ1) is 9.85. The molecule has 5 N–H and O–H groups in total. The monoisotopic (exact) mass is 183 g/mol. The van der Waals surface area contributed by atoms with Gasteiger partial charge in [-0.15, -0.1) is 0 Å². The van der Waals surface area contributed by atoms with Crippen LogP contribution < -0.4 is 16.8 Å². The van der Waals surface area contributed by atoms with E-state index in [9.17, 15) is 0 Å². The van der Waals surface area contributed by atoms with Gasteiger partial charge in [0.05, 0.1) is 5.69 Å². The van der Waals surface area contributed by atoms with Gasteiger partial charge in [-0.25, -0.2) is 4.68 Å². The maximum atomic E-state index is 5.78. The smallest absolute Gasteiger partial charge is 0.145 e. The fraction of sp³-hybridized carbons (Fsp3) is 0.625. The Hall–Kier alpha value is -1.23. The van der Waals surface area contributed by atoms with Gasteiger partial charge in [0.25, 0.3) is 0 Å². The number of anilines is 2. The van der Waals surface area contributed by atoms with Crippen molar-refractivity contribution < 1.29 is 0 Å². The van der Waals surface area contributed by atoms with Crippen molar-refractivity contribution in [2.45, 2.75) is 26.4 Å². The Bertz CT molecular complexity index is 289. The van der Waals surface area contributed by atoms with E-state index in [1.807, 2.05) is 20.9 Å². The van der Waals surface area contributed by atoms with Crippen LogP contribution in [0.5, 0.6) is 0 Å². The normalized spacial score (nSPS) is 11.1. The van der Waals surface area contributed by atoms with Gasteiger partial charge in [-0.3, -0.25) is 0 Å². The lowest BCUT2D eigenvalue weighted by Gasteiger charge is -2.06. The van der Waals surface area contributed by atoms with Crippen LogP contribution >= 0.6 is 0 Å². The van der Waals surface area contributed by atoms with Gasteiger partial charge in [0.15, 0.2) is 0 Å². The van der Waals surface area contributed by atoms with E-state index in [2.05, 4.69) is 10.4 Å². The molecule has 5 nitrogen and oxygen atoms in total. The van der Waals surface area contributed by atoms with Crippen LogP contribution in [0.25, 0.3) is 0 Å². The topological polar surface area (TPSA) is 81.9 Å². The highest BCUT2D eigenvalue weighted by atomic mass is 15.3. The van der Waals surface area contributed by atoms with E-state index in [1.54, 1.807) is 4.68 Å². The molecule has 0 spiro atoms. The number of hydrogen-bond acceptors (Lipinski definition) is 4. The summed E-state index contributed by atoms with van der Waals surface area (Å²) < 4.78 is 1.74. The Kier molecular flexibility index (Phi) is 2.77. The van der Waals surface area contributed by atoms with Crippen LogP contribution in [0.15, 0.2) is 0 Å². The number of aromatic nitrogens is 2. The van der Waals surface area contributed by atoms with Gasteiger partial charge in [0, 0.05) is 12.6 Å². The van der Waals surface area contributed by atoms with Crippen molar-refractivity contribution in [1.29, 1.82) is 0 Å². The van der Waals surface area contributed by atoms with Crippen molar-refractivity contribution in [2.75, 3.05) is 18.5 Å². The largest absolute Gasteiger partial charge is 0.394 e. The molecule has 0 fully saturated rings. The molecule has 74 valence electrons. The minimum Gasteiger partial charge on any atom is -0.394 e. The number of nitrogen functional groups attached to an aromatic ring is 2. The molecular weight excluding hydrogens is 166 g/mol. The van der Waals surface area contributed by atoms with Gasteiger partial charge in [0.1, 0.15) is 11.5 Å². The average molecular weight is 183 g/mol. The van der Waals surface area contributed by atoms with Crippen LogP contribution in [-0.4, -0.2) is 16.8 Å². The van der Waals surface area contributed by atoms with Crippen molar-refractivity contribution in [3.63, 3.8) is 0 Å². The number of hydrogen-bond donors (Lipinski definition) is 3. The fourth-order valence-corrected chi connectivity index (χ4v) is 1.20. The molecule has 0 atom stereocenters. The molecule has 5 heteroatoms. The first-order chi connectivity index (χ1) is 6.07. The minimum absolute atomic E-state index is 0.243. The van der Waals surface area contributed by atoms with Crippen molar-refractivity contribution >= 4 is 11.5 Å². The van der Waals surface area contributed by atoms with Crippen molar-refractivity contribution in [3.05, 3.63) is 5.69 Å². The van der Waals surface area contributed by atoms with Gasteiger partial charge >= 0.3 is 0 Å². The van der Waals surface area contributed by atoms with E-state index in [4.69, 9.17) is 11.5 Å². The van der Waals surface area contributed by atoms with Crippen LogP contribution in [0.1, 0.15) is 25.6 Å². The second-order valence-corrected chi connectivity index (χ2v) is 3.31. The van der Waals surface area contributed by atoms with Crippen LogP contribution in [0.4, 0.5) is 11.5 Å². The summed E-state index contributed by atoms with van der Waals surface area (Å²) in [6.07, 6.45) is 0. The lowest BCUT2D eigenvalue weighted by molar-refractivity contribution is 0.531. The Morgan fingerprint density at radius 3 is 2.46 bits per heavy atom. The molecule has 0 aliphatic carbocycles. The maximum Gasteiger partial charge on any atom is 0.145 e. The predicted molar refractivity (Wildman–Crippen MR) is 54.2 cm³/mol. The van der Waals surface area contributed by atoms with E-state index >= 15 is 0 Å². The quantitative estimate of drug-likeness (QED) is 0.631. The Morgan fingerprint density at radius 1 is 1.46 bits per heavy atom. The van der Waals surface area contributed by atoms with Crippen molar-refractivity contribution in [3.8, 4) is 0 Å². The summed E-state index contributed by atoms with van der Waals surface area (Å²) in [5, 5.41) is 7.30. The zero-order valence-corrected chi connectivity index (χ0v) is 8.33. The molecule has 1 rings (SSSR count). The highest BCUT2D eigenvalue weighted by molar-refractivity contribution is 5.62. The molecule has 0 aromatic carbocycles. The van der Waals surface area contributed by atoms with E-state index in [0.717, 1.165) is 5.69 Å². The molecule has 0 unspecified atom stereocenters. The molecule has 0 radical (unpaired) electrons. The number of nitrogens with zero attached hydrogens (tertiary/aromatic N) is 2. The molecule has 1 aromatic rings. The lowest BCUT2D eigenvalue weighted by atomic mass is 10.3. The zero-order valence-electron chi connectivity index (χ0n) is 8.33. The van der Waals surface area contributed by atoms with Gasteiger partial charge in [-0.1, -0.05) is 0 Å². The van der Waals surface area contributed by atoms with Gasteiger partial charge in [0.2, 0.25) is 0 Å². The van der Waals surface area contributed by atoms with E-state index < -0.39 is 0 Å². The Morgan fingerprint density at radius 2 is 2.08 bits per heavy atom. The molecular formula is C8H17N5. The highest BCUT2D eigenvalue weighted by Gasteiger charge is 2.13. The predicted octanol–water partition coefficient (Wildman–Crippen LogP) is 0.348. The summed E-state index contributed by atoms with van der Waals surface area (Å²) in [4.78, 5) is 0. The summed E-state index contributed by atoms with van der Waals surface area (Å²) in [6, 6.07) is 0.243. The molecule has 1 aromatic heterocycles.